The Hall–Kier alpha value is -2.02. The summed E-state index contributed by atoms with van der Waals surface area (Å²) in [6, 6.07) is 6.54. The molecule has 18 heavy (non-hydrogen) atoms. The Morgan fingerprint density at radius 3 is 2.61 bits per heavy atom. The molecule has 2 rings (SSSR count). The number of anilines is 2. The van der Waals surface area contributed by atoms with Crippen LogP contribution in [0.5, 0.6) is 0 Å². The van der Waals surface area contributed by atoms with E-state index < -0.39 is 10.0 Å². The van der Waals surface area contributed by atoms with Crippen LogP contribution in [0.15, 0.2) is 39.8 Å². The van der Waals surface area contributed by atoms with Gasteiger partial charge in [0.1, 0.15) is 11.2 Å². The van der Waals surface area contributed by atoms with E-state index >= 15 is 0 Å². The highest BCUT2D eigenvalue weighted by molar-refractivity contribution is 7.92. The zero-order valence-corrected chi connectivity index (χ0v) is 10.8. The fourth-order valence-electron chi connectivity index (χ4n) is 1.48. The van der Waals surface area contributed by atoms with Crippen LogP contribution >= 0.6 is 0 Å². The second-order valence-corrected chi connectivity index (χ2v) is 5.30. The van der Waals surface area contributed by atoms with E-state index in [1.807, 2.05) is 0 Å². The Morgan fingerprint density at radius 1 is 1.28 bits per heavy atom. The smallest absolute Gasteiger partial charge is 0.309 e. The van der Waals surface area contributed by atoms with E-state index in [2.05, 4.69) is 15.0 Å². The first-order valence-corrected chi connectivity index (χ1v) is 6.73. The van der Waals surface area contributed by atoms with Gasteiger partial charge in [-0.3, -0.25) is 0 Å². The number of aromatic nitrogens is 1. The lowest BCUT2D eigenvalue weighted by molar-refractivity contribution is 0.569. The lowest BCUT2D eigenvalue weighted by Crippen LogP contribution is -2.14. The maximum Gasteiger partial charge on any atom is 0.309 e. The summed E-state index contributed by atoms with van der Waals surface area (Å²) in [5.74, 6) is 0. The van der Waals surface area contributed by atoms with Gasteiger partial charge in [-0.15, -0.1) is 0 Å². The zero-order valence-electron chi connectivity index (χ0n) is 9.97. The van der Waals surface area contributed by atoms with Crippen molar-refractivity contribution in [2.24, 2.45) is 0 Å². The first kappa shape index (κ1) is 12.4. The fourth-order valence-corrected chi connectivity index (χ4v) is 2.63. The number of hydrogen-bond donors (Lipinski definition) is 2. The average molecular weight is 267 g/mol. The van der Waals surface area contributed by atoms with Gasteiger partial charge in [0.15, 0.2) is 0 Å². The number of sulfonamides is 1. The van der Waals surface area contributed by atoms with Crippen molar-refractivity contribution in [3.63, 3.8) is 0 Å². The first-order chi connectivity index (χ1) is 8.53. The summed E-state index contributed by atoms with van der Waals surface area (Å²) in [7, 11) is -2.06. The van der Waals surface area contributed by atoms with Crippen molar-refractivity contribution in [3.8, 4) is 0 Å². The monoisotopic (exact) mass is 267 g/mol. The van der Waals surface area contributed by atoms with E-state index in [0.29, 0.717) is 11.4 Å². The van der Waals surface area contributed by atoms with Crippen LogP contribution in [0.2, 0.25) is 0 Å². The molecule has 96 valence electrons. The van der Waals surface area contributed by atoms with E-state index in [1.165, 1.54) is 12.3 Å². The molecule has 0 saturated heterocycles. The largest absolute Gasteiger partial charge is 0.431 e. The van der Waals surface area contributed by atoms with E-state index in [9.17, 15) is 8.42 Å². The molecule has 0 bridgehead atoms. The molecule has 0 unspecified atom stereocenters. The molecule has 0 aliphatic carbocycles. The van der Waals surface area contributed by atoms with Crippen molar-refractivity contribution in [2.75, 3.05) is 17.1 Å². The molecule has 0 spiro atoms. The molecule has 1 heterocycles. The molecule has 1 aromatic carbocycles. The summed E-state index contributed by atoms with van der Waals surface area (Å²) in [5.41, 5.74) is 1.11. The molecule has 0 saturated carbocycles. The summed E-state index contributed by atoms with van der Waals surface area (Å²) < 4.78 is 31.5. The van der Waals surface area contributed by atoms with Gasteiger partial charge in [-0.1, -0.05) is 12.1 Å². The van der Waals surface area contributed by atoms with Crippen LogP contribution in [0.25, 0.3) is 0 Å². The molecule has 1 aromatic heterocycles. The van der Waals surface area contributed by atoms with E-state index in [1.54, 1.807) is 32.2 Å². The minimum absolute atomic E-state index is 0.0431. The van der Waals surface area contributed by atoms with Crippen LogP contribution in [0.1, 0.15) is 5.69 Å². The molecule has 2 N–H and O–H groups in total. The predicted octanol–water partition coefficient (Wildman–Crippen LogP) is 1.83. The summed E-state index contributed by atoms with van der Waals surface area (Å²) in [4.78, 5) is 4.04. The highest BCUT2D eigenvalue weighted by Crippen LogP contribution is 2.22. The number of oxazole rings is 1. The summed E-state index contributed by atoms with van der Waals surface area (Å²) in [6.07, 6.45) is 1.38. The number of nitrogens with one attached hydrogen (secondary N) is 2. The Labute approximate surface area is 105 Å². The number of nitrogens with zero attached hydrogens (tertiary/aromatic N) is 1. The minimum atomic E-state index is -3.71. The van der Waals surface area contributed by atoms with Crippen LogP contribution in [-0.4, -0.2) is 20.4 Å². The van der Waals surface area contributed by atoms with Crippen LogP contribution in [0.4, 0.5) is 11.7 Å². The Kier molecular flexibility index (Phi) is 3.24. The molecule has 0 amide bonds. The van der Waals surface area contributed by atoms with E-state index in [-0.39, 0.29) is 10.9 Å². The molecular weight excluding hydrogens is 254 g/mol. The number of hydrogen-bond acceptors (Lipinski definition) is 5. The van der Waals surface area contributed by atoms with E-state index in [0.717, 1.165) is 0 Å². The molecule has 0 aliphatic rings. The van der Waals surface area contributed by atoms with Crippen LogP contribution in [-0.2, 0) is 10.0 Å². The minimum Gasteiger partial charge on any atom is -0.431 e. The van der Waals surface area contributed by atoms with Crippen molar-refractivity contribution in [1.29, 1.82) is 0 Å². The highest BCUT2D eigenvalue weighted by atomic mass is 32.2. The SMILES string of the molecule is CNc1ccccc1S(=O)(=O)Nc1nc(C)co1. The van der Waals surface area contributed by atoms with Crippen molar-refractivity contribution in [3.05, 3.63) is 36.2 Å². The molecule has 7 heteroatoms. The molecule has 6 nitrogen and oxygen atoms in total. The summed E-state index contributed by atoms with van der Waals surface area (Å²) in [6.45, 7) is 1.71. The second-order valence-electron chi connectivity index (χ2n) is 3.65. The third-order valence-electron chi connectivity index (χ3n) is 2.29. The predicted molar refractivity (Wildman–Crippen MR) is 68.0 cm³/mol. The van der Waals surface area contributed by atoms with E-state index in [4.69, 9.17) is 4.42 Å². The van der Waals surface area contributed by atoms with Gasteiger partial charge in [-0.25, -0.2) is 13.1 Å². The number of rotatable bonds is 4. The number of aryl methyl sites for hydroxylation is 1. The maximum atomic E-state index is 12.1. The molecule has 0 aliphatic heterocycles. The molecule has 0 atom stereocenters. The Bertz CT molecular complexity index is 649. The first-order valence-electron chi connectivity index (χ1n) is 5.24. The normalized spacial score (nSPS) is 11.2. The molecule has 2 aromatic rings. The molecular formula is C11H13N3O3S. The standard InChI is InChI=1S/C11H13N3O3S/c1-8-7-17-11(13-8)14-18(15,16)10-6-4-3-5-9(10)12-2/h3-7,12H,1-2H3,(H,13,14). The van der Waals surface area contributed by atoms with Gasteiger partial charge in [0, 0.05) is 7.05 Å². The van der Waals surface area contributed by atoms with Crippen LogP contribution in [0.3, 0.4) is 0 Å². The van der Waals surface area contributed by atoms with Crippen LogP contribution in [0, 0.1) is 6.92 Å². The highest BCUT2D eigenvalue weighted by Gasteiger charge is 2.19. The maximum absolute atomic E-state index is 12.1. The topological polar surface area (TPSA) is 84.2 Å². The number of benzene rings is 1. The van der Waals surface area contributed by atoms with Gasteiger partial charge in [0.2, 0.25) is 0 Å². The molecule has 0 radical (unpaired) electrons. The zero-order chi connectivity index (χ0) is 13.2. The van der Waals surface area contributed by atoms with Gasteiger partial charge in [-0.05, 0) is 19.1 Å². The third-order valence-corrected chi connectivity index (χ3v) is 3.66. The fraction of sp³-hybridized carbons (Fsp3) is 0.182. The quantitative estimate of drug-likeness (QED) is 0.882. The van der Waals surface area contributed by atoms with Crippen molar-refractivity contribution in [1.82, 2.24) is 4.98 Å². The van der Waals surface area contributed by atoms with Crippen molar-refractivity contribution < 1.29 is 12.8 Å². The van der Waals surface area contributed by atoms with Gasteiger partial charge in [0.25, 0.3) is 10.0 Å². The van der Waals surface area contributed by atoms with Crippen molar-refractivity contribution in [2.45, 2.75) is 11.8 Å². The van der Waals surface area contributed by atoms with Crippen LogP contribution < -0.4 is 10.0 Å². The average Bonchev–Trinajstić information content (AvgIpc) is 2.74. The van der Waals surface area contributed by atoms with Gasteiger partial charge < -0.3 is 9.73 Å². The Morgan fingerprint density at radius 2 is 2.00 bits per heavy atom. The number of para-hydroxylation sites is 1. The Balaban J connectivity index is 2.36. The van der Waals surface area contributed by atoms with Crippen molar-refractivity contribution >= 4 is 21.7 Å². The molecule has 0 fully saturated rings. The van der Waals surface area contributed by atoms with Gasteiger partial charge in [-0.2, -0.15) is 4.98 Å². The lowest BCUT2D eigenvalue weighted by atomic mass is 10.3. The van der Waals surface area contributed by atoms with Gasteiger partial charge in [0.05, 0.1) is 11.4 Å². The summed E-state index contributed by atoms with van der Waals surface area (Å²) >= 11 is 0. The van der Waals surface area contributed by atoms with Gasteiger partial charge >= 0.3 is 6.01 Å². The lowest BCUT2D eigenvalue weighted by Gasteiger charge is -2.09. The third kappa shape index (κ3) is 2.45. The summed E-state index contributed by atoms with van der Waals surface area (Å²) in [5, 5.41) is 2.82. The second kappa shape index (κ2) is 4.69.